The van der Waals surface area contributed by atoms with Gasteiger partial charge in [0.2, 0.25) is 0 Å². The topological polar surface area (TPSA) is 137 Å². The van der Waals surface area contributed by atoms with Crippen LogP contribution in [0.2, 0.25) is 0 Å². The van der Waals surface area contributed by atoms with Crippen LogP contribution < -0.4 is 0 Å². The van der Waals surface area contributed by atoms with Crippen molar-refractivity contribution in [2.75, 3.05) is 13.2 Å². The second-order valence-electron chi connectivity index (χ2n) is 33.5. The summed E-state index contributed by atoms with van der Waals surface area (Å²) in [6, 6.07) is 31.7. The summed E-state index contributed by atoms with van der Waals surface area (Å²) in [5.74, 6) is 0. The maximum Gasteiger partial charge on any atom is 0.150 e. The van der Waals surface area contributed by atoms with Gasteiger partial charge in [-0.1, -0.05) is 203 Å². The number of aromatic amines is 2. The molecule has 0 aliphatic carbocycles. The van der Waals surface area contributed by atoms with Gasteiger partial charge in [0.05, 0.1) is 45.6 Å². The molecule has 0 bridgehead atoms. The molecule has 2 aliphatic heterocycles. The summed E-state index contributed by atoms with van der Waals surface area (Å²) in [6.07, 6.45) is 6.06. The first-order chi connectivity index (χ1) is 40.6. The minimum Gasteiger partial charge on any atom is -0.356 e. The van der Waals surface area contributed by atoms with Crippen molar-refractivity contribution in [2.45, 2.75) is 260 Å². The lowest BCUT2D eigenvalue weighted by atomic mass is 9.79. The van der Waals surface area contributed by atoms with Crippen LogP contribution in [0, 0.1) is 0 Å². The normalized spacial score (nSPS) is 16.9. The van der Waals surface area contributed by atoms with Crippen LogP contribution in [0.5, 0.6) is 0 Å². The second-order valence-corrected chi connectivity index (χ2v) is 33.5. The summed E-state index contributed by atoms with van der Waals surface area (Å²) in [6.45, 7) is 55.4. The molecule has 2 atom stereocenters. The number of H-pyrrole nitrogens is 2. The number of pyridine rings is 2. The van der Waals surface area contributed by atoms with Crippen LogP contribution in [0.3, 0.4) is 0 Å². The monoisotopic (exact) mass is 1190 g/mol. The molecule has 12 heteroatoms. The predicted molar refractivity (Wildman–Crippen MR) is 364 cm³/mol. The lowest BCUT2D eigenvalue weighted by molar-refractivity contribution is -0.0387. The molecule has 0 amide bonds. The van der Waals surface area contributed by atoms with E-state index in [-0.39, 0.29) is 55.8 Å². The lowest BCUT2D eigenvalue weighted by Crippen LogP contribution is -2.22. The van der Waals surface area contributed by atoms with Gasteiger partial charge < -0.3 is 9.47 Å². The highest BCUT2D eigenvalue weighted by atomic mass is 16.5. The van der Waals surface area contributed by atoms with Crippen molar-refractivity contribution in [1.82, 2.24) is 49.9 Å². The number of ether oxygens (including phenoxy) is 2. The Hall–Kier alpha value is -6.50. The summed E-state index contributed by atoms with van der Waals surface area (Å²) >= 11 is 0. The van der Waals surface area contributed by atoms with Crippen LogP contribution in [0.4, 0.5) is 0 Å². The Morgan fingerprint density at radius 3 is 0.909 bits per heavy atom. The summed E-state index contributed by atoms with van der Waals surface area (Å²) < 4.78 is 17.0. The third-order valence-electron chi connectivity index (χ3n) is 17.3. The highest BCUT2D eigenvalue weighted by Crippen LogP contribution is 2.42. The van der Waals surface area contributed by atoms with Crippen LogP contribution in [0.25, 0.3) is 67.8 Å². The van der Waals surface area contributed by atoms with Gasteiger partial charge in [0.15, 0.2) is 12.5 Å². The van der Waals surface area contributed by atoms with Gasteiger partial charge in [-0.15, -0.1) is 0 Å². The molecular weight excluding hydrogens is 1080 g/mol. The van der Waals surface area contributed by atoms with Crippen molar-refractivity contribution in [2.24, 2.45) is 0 Å². The zero-order valence-electron chi connectivity index (χ0n) is 58.3. The Balaban J connectivity index is 0.000000218. The number of aromatic nitrogens is 10. The van der Waals surface area contributed by atoms with Gasteiger partial charge in [-0.2, -0.15) is 20.4 Å². The van der Waals surface area contributed by atoms with Crippen molar-refractivity contribution < 1.29 is 9.47 Å². The zero-order chi connectivity index (χ0) is 64.5. The molecule has 2 unspecified atom stereocenters. The Kier molecular flexibility index (Phi) is 18.0. The van der Waals surface area contributed by atoms with E-state index in [9.17, 15) is 0 Å². The van der Waals surface area contributed by atoms with E-state index in [1.54, 1.807) is 0 Å². The predicted octanol–water partition coefficient (Wildman–Crippen LogP) is 19.8. The van der Waals surface area contributed by atoms with E-state index in [1.807, 2.05) is 0 Å². The molecule has 6 aromatic heterocycles. The smallest absolute Gasteiger partial charge is 0.150 e. The third-order valence-corrected chi connectivity index (χ3v) is 17.3. The van der Waals surface area contributed by atoms with Gasteiger partial charge in [-0.05, 0) is 153 Å². The lowest BCUT2D eigenvalue weighted by Gasteiger charge is -2.27. The average Bonchev–Trinajstić information content (AvgIpc) is 1.54. The van der Waals surface area contributed by atoms with Crippen molar-refractivity contribution in [3.63, 3.8) is 0 Å². The number of nitrogens with zero attached hydrogens (tertiary/aromatic N) is 8. The van der Waals surface area contributed by atoms with Gasteiger partial charge in [-0.3, -0.25) is 10.2 Å². The van der Waals surface area contributed by atoms with E-state index in [4.69, 9.17) is 29.6 Å². The number of rotatable bonds is 8. The molecule has 0 spiro atoms. The summed E-state index contributed by atoms with van der Waals surface area (Å²) in [5, 5.41) is 26.2. The molecule has 88 heavy (non-hydrogen) atoms. The molecule has 2 saturated heterocycles. The molecule has 2 aromatic carbocycles. The first-order valence-electron chi connectivity index (χ1n) is 32.5. The molecule has 2 aliphatic rings. The number of hydrogen-bond acceptors (Lipinski definition) is 8. The van der Waals surface area contributed by atoms with Gasteiger partial charge in [0, 0.05) is 46.3 Å². The molecule has 0 saturated carbocycles. The molecule has 10 rings (SSSR count). The van der Waals surface area contributed by atoms with Crippen LogP contribution in [-0.4, -0.2) is 63.1 Å². The fourth-order valence-corrected chi connectivity index (χ4v) is 11.1. The largest absolute Gasteiger partial charge is 0.356 e. The molecule has 472 valence electrons. The van der Waals surface area contributed by atoms with E-state index in [0.717, 1.165) is 131 Å². The van der Waals surface area contributed by atoms with E-state index in [1.165, 1.54) is 33.4 Å². The number of benzene rings is 2. The van der Waals surface area contributed by atoms with Crippen molar-refractivity contribution in [3.8, 4) is 67.8 Å². The molecule has 8 heterocycles. The Bertz CT molecular complexity index is 3510. The maximum atomic E-state index is 6.37. The van der Waals surface area contributed by atoms with E-state index < -0.39 is 0 Å². The van der Waals surface area contributed by atoms with Crippen LogP contribution in [0.1, 0.15) is 262 Å². The Morgan fingerprint density at radius 1 is 0.330 bits per heavy atom. The molecule has 2 fully saturated rings. The molecule has 8 aromatic rings. The Morgan fingerprint density at radius 2 is 0.636 bits per heavy atom. The van der Waals surface area contributed by atoms with Gasteiger partial charge in [0.1, 0.15) is 11.4 Å². The van der Waals surface area contributed by atoms with Gasteiger partial charge >= 0.3 is 0 Å². The third kappa shape index (κ3) is 15.2. The highest BCUT2D eigenvalue weighted by molar-refractivity contribution is 5.78. The van der Waals surface area contributed by atoms with Crippen molar-refractivity contribution in [1.29, 1.82) is 0 Å². The van der Waals surface area contributed by atoms with E-state index in [0.29, 0.717) is 0 Å². The minimum absolute atomic E-state index is 0.00813. The fraction of sp³-hybridized carbons (Fsp3) is 0.553. The highest BCUT2D eigenvalue weighted by Gasteiger charge is 2.32. The van der Waals surface area contributed by atoms with Crippen LogP contribution in [0.15, 0.2) is 84.9 Å². The van der Waals surface area contributed by atoms with Gasteiger partial charge in [-0.25, -0.2) is 19.3 Å². The van der Waals surface area contributed by atoms with Crippen LogP contribution in [-0.2, 0) is 52.8 Å². The minimum atomic E-state index is -0.129. The summed E-state index contributed by atoms with van der Waals surface area (Å²) in [5.41, 5.74) is 21.0. The number of hydrogen-bond donors (Lipinski definition) is 2. The van der Waals surface area contributed by atoms with E-state index >= 15 is 0 Å². The van der Waals surface area contributed by atoms with Gasteiger partial charge in [0.25, 0.3) is 0 Å². The van der Waals surface area contributed by atoms with Crippen molar-refractivity contribution in [3.05, 3.63) is 130 Å². The SMILES string of the molecule is CC(C)(C)c1cc(-c2cc(-c3cc(C(C)(C)C)[nH]n3)nc(-c3cc(C(C)(C)C)[nH]n3)c2)cc(C(C)(C)C)c1.CC(C)(C)c1cc(-c2cc(-c3cc(C(C)(C)C)nn3C3CCCCO3)nc(-c3cc(C(C)(C)C)nn3C3CCCCO3)c2)cc(C(C)(C)C)c1. The zero-order valence-corrected chi connectivity index (χ0v) is 58.3. The maximum absolute atomic E-state index is 6.37. The quantitative estimate of drug-likeness (QED) is 0.153. The summed E-state index contributed by atoms with van der Waals surface area (Å²) in [4.78, 5) is 10.6. The molecule has 12 nitrogen and oxygen atoms in total. The first kappa shape index (κ1) is 65.9. The molecular formula is C76H106N10O2. The van der Waals surface area contributed by atoms with Crippen molar-refractivity contribution >= 4 is 0 Å². The Labute approximate surface area is 528 Å². The number of nitrogens with one attached hydrogen (secondary N) is 2. The molecule has 0 radical (unpaired) electrons. The fourth-order valence-electron chi connectivity index (χ4n) is 11.1. The van der Waals surface area contributed by atoms with E-state index in [2.05, 4.69) is 281 Å². The van der Waals surface area contributed by atoms with Crippen LogP contribution >= 0.6 is 0 Å². The first-order valence-corrected chi connectivity index (χ1v) is 32.5. The average molecular weight is 1190 g/mol. The second kappa shape index (κ2) is 24.0. The summed E-state index contributed by atoms with van der Waals surface area (Å²) in [7, 11) is 0. The molecule has 2 N–H and O–H groups in total. The standard InChI is InChI=1S/C43H61N5O2.C33H45N5/c1-40(2,3)30-21-28(22-31(25-30)41(4,5)6)29-23-32(34-26-36(42(7,8)9)45-47(34)38-17-13-15-19-49-38)44-33(24-29)35-27-37(43(10,11)12)46-48(35)39-18-14-16-20-50-39;1-30(2,3)22-13-20(14-23(17-22)31(4,5)6)21-15-24(26-18-28(37-35-26)32(7,8)9)34-25(16-21)27-19-29(38-36-27)33(10,11)12/h21-27,38-39H,13-20H2,1-12H3;13-19H,1-12H3,(H,35,37)(H,36,38).